The van der Waals surface area contributed by atoms with Crippen LogP contribution >= 0.6 is 0 Å². The van der Waals surface area contributed by atoms with Gasteiger partial charge in [0, 0.05) is 11.8 Å². The van der Waals surface area contributed by atoms with E-state index in [1.165, 1.54) is 0 Å². The summed E-state index contributed by atoms with van der Waals surface area (Å²) in [7, 11) is 0. The van der Waals surface area contributed by atoms with Crippen LogP contribution in [0.25, 0.3) is 11.1 Å². The standard InChI is InChI=1S/C11H10N2O/c12-10-6-9(7-13-11(10)14)8-4-2-1-3-5-8/h1-7H,12H2,(H,13,14). The lowest BCUT2D eigenvalue weighted by Crippen LogP contribution is -2.10. The van der Waals surface area contributed by atoms with Crippen LogP contribution in [0.4, 0.5) is 5.69 Å². The van der Waals surface area contributed by atoms with Gasteiger partial charge in [0.15, 0.2) is 0 Å². The van der Waals surface area contributed by atoms with Gasteiger partial charge in [-0.3, -0.25) is 4.79 Å². The third-order valence-corrected chi connectivity index (χ3v) is 2.04. The van der Waals surface area contributed by atoms with Crippen molar-refractivity contribution in [1.29, 1.82) is 0 Å². The van der Waals surface area contributed by atoms with Gasteiger partial charge in [-0.2, -0.15) is 0 Å². The second-order valence-electron chi connectivity index (χ2n) is 3.04. The summed E-state index contributed by atoms with van der Waals surface area (Å²) in [5.74, 6) is 0. The minimum atomic E-state index is -0.246. The Morgan fingerprint density at radius 1 is 1.07 bits per heavy atom. The molecule has 14 heavy (non-hydrogen) atoms. The molecule has 3 N–H and O–H groups in total. The third-order valence-electron chi connectivity index (χ3n) is 2.04. The third kappa shape index (κ3) is 1.52. The van der Waals surface area contributed by atoms with E-state index in [4.69, 9.17) is 5.73 Å². The molecule has 0 bridgehead atoms. The van der Waals surface area contributed by atoms with Gasteiger partial charge in [0.1, 0.15) is 0 Å². The minimum absolute atomic E-state index is 0.242. The van der Waals surface area contributed by atoms with Crippen LogP contribution in [0.1, 0.15) is 0 Å². The molecule has 1 aromatic carbocycles. The average Bonchev–Trinajstić information content (AvgIpc) is 2.23. The van der Waals surface area contributed by atoms with Gasteiger partial charge in [0.05, 0.1) is 5.69 Å². The first kappa shape index (κ1) is 8.56. The van der Waals surface area contributed by atoms with Crippen molar-refractivity contribution in [2.45, 2.75) is 0 Å². The Morgan fingerprint density at radius 3 is 2.43 bits per heavy atom. The molecule has 0 aliphatic heterocycles. The minimum Gasteiger partial charge on any atom is -0.394 e. The zero-order chi connectivity index (χ0) is 9.97. The fraction of sp³-hybridized carbons (Fsp3) is 0. The van der Waals surface area contributed by atoms with Gasteiger partial charge in [-0.1, -0.05) is 30.3 Å². The molecule has 3 nitrogen and oxygen atoms in total. The Kier molecular flexibility index (Phi) is 2.07. The second-order valence-corrected chi connectivity index (χ2v) is 3.04. The van der Waals surface area contributed by atoms with Crippen LogP contribution in [-0.2, 0) is 0 Å². The predicted octanol–water partition coefficient (Wildman–Crippen LogP) is 1.62. The number of benzene rings is 1. The Hall–Kier alpha value is -2.03. The van der Waals surface area contributed by atoms with Crippen molar-refractivity contribution < 1.29 is 0 Å². The van der Waals surface area contributed by atoms with E-state index < -0.39 is 0 Å². The lowest BCUT2D eigenvalue weighted by Gasteiger charge is -2.01. The van der Waals surface area contributed by atoms with Crippen molar-refractivity contribution >= 4 is 5.69 Å². The molecule has 0 spiro atoms. The number of pyridine rings is 1. The first-order chi connectivity index (χ1) is 6.77. The molecule has 2 aromatic rings. The quantitative estimate of drug-likeness (QED) is 0.711. The molecular weight excluding hydrogens is 176 g/mol. The van der Waals surface area contributed by atoms with E-state index in [0.717, 1.165) is 11.1 Å². The maximum atomic E-state index is 11.0. The molecule has 0 unspecified atom stereocenters. The Bertz CT molecular complexity index is 488. The zero-order valence-corrected chi connectivity index (χ0v) is 7.53. The number of aromatic amines is 1. The van der Waals surface area contributed by atoms with E-state index in [0.29, 0.717) is 0 Å². The first-order valence-corrected chi connectivity index (χ1v) is 4.31. The van der Waals surface area contributed by atoms with Gasteiger partial charge in [-0.25, -0.2) is 0 Å². The van der Waals surface area contributed by atoms with Crippen molar-refractivity contribution in [3.63, 3.8) is 0 Å². The van der Waals surface area contributed by atoms with Crippen molar-refractivity contribution in [2.24, 2.45) is 0 Å². The van der Waals surface area contributed by atoms with Gasteiger partial charge in [-0.05, 0) is 11.6 Å². The second kappa shape index (κ2) is 3.38. The fourth-order valence-electron chi connectivity index (χ4n) is 1.30. The summed E-state index contributed by atoms with van der Waals surface area (Å²) in [5.41, 5.74) is 7.47. The molecule has 3 heteroatoms. The lowest BCUT2D eigenvalue weighted by molar-refractivity contribution is 1.25. The Morgan fingerprint density at radius 2 is 1.79 bits per heavy atom. The van der Waals surface area contributed by atoms with Gasteiger partial charge in [-0.15, -0.1) is 0 Å². The SMILES string of the molecule is Nc1cc(-c2ccccc2)c[nH]c1=O. The molecule has 0 aliphatic carbocycles. The number of H-pyrrole nitrogens is 1. The molecule has 0 radical (unpaired) electrons. The largest absolute Gasteiger partial charge is 0.394 e. The van der Waals surface area contributed by atoms with Crippen LogP contribution in [0.3, 0.4) is 0 Å². The maximum absolute atomic E-state index is 11.0. The number of anilines is 1. The molecule has 0 aliphatic rings. The van der Waals surface area contributed by atoms with Crippen LogP contribution in [-0.4, -0.2) is 4.98 Å². The molecule has 0 atom stereocenters. The Balaban J connectivity index is 2.54. The van der Waals surface area contributed by atoms with Crippen LogP contribution in [0, 0.1) is 0 Å². The normalized spacial score (nSPS) is 10.0. The van der Waals surface area contributed by atoms with Crippen molar-refractivity contribution in [3.8, 4) is 11.1 Å². The summed E-state index contributed by atoms with van der Waals surface area (Å²) >= 11 is 0. The number of hydrogen-bond acceptors (Lipinski definition) is 2. The highest BCUT2D eigenvalue weighted by atomic mass is 16.1. The summed E-state index contributed by atoms with van der Waals surface area (Å²) in [4.78, 5) is 13.6. The van der Waals surface area contributed by atoms with Gasteiger partial charge < -0.3 is 10.7 Å². The molecule has 2 rings (SSSR count). The Labute approximate surface area is 81.2 Å². The molecule has 0 amide bonds. The van der Waals surface area contributed by atoms with E-state index in [2.05, 4.69) is 4.98 Å². The lowest BCUT2D eigenvalue weighted by atomic mass is 10.1. The number of nitrogens with one attached hydrogen (secondary N) is 1. The number of aromatic nitrogens is 1. The molecule has 0 saturated carbocycles. The fourth-order valence-corrected chi connectivity index (χ4v) is 1.30. The van der Waals surface area contributed by atoms with Crippen molar-refractivity contribution in [3.05, 3.63) is 52.9 Å². The van der Waals surface area contributed by atoms with E-state index in [1.807, 2.05) is 30.3 Å². The van der Waals surface area contributed by atoms with E-state index in [-0.39, 0.29) is 11.2 Å². The number of rotatable bonds is 1. The molecule has 1 heterocycles. The van der Waals surface area contributed by atoms with E-state index >= 15 is 0 Å². The smallest absolute Gasteiger partial charge is 0.271 e. The molecule has 0 saturated heterocycles. The highest BCUT2D eigenvalue weighted by Gasteiger charge is 1.99. The van der Waals surface area contributed by atoms with E-state index in [9.17, 15) is 4.79 Å². The molecule has 0 fully saturated rings. The maximum Gasteiger partial charge on any atom is 0.271 e. The number of nitrogen functional groups attached to an aromatic ring is 1. The molecular formula is C11H10N2O. The highest BCUT2D eigenvalue weighted by Crippen LogP contribution is 2.17. The van der Waals surface area contributed by atoms with Crippen LogP contribution in [0.2, 0.25) is 0 Å². The summed E-state index contributed by atoms with van der Waals surface area (Å²) in [6, 6.07) is 11.4. The van der Waals surface area contributed by atoms with Crippen molar-refractivity contribution in [1.82, 2.24) is 4.98 Å². The van der Waals surface area contributed by atoms with Crippen LogP contribution in [0.15, 0.2) is 47.4 Å². The first-order valence-electron chi connectivity index (χ1n) is 4.31. The summed E-state index contributed by atoms with van der Waals surface area (Å²) in [6.45, 7) is 0. The highest BCUT2D eigenvalue weighted by molar-refractivity contribution is 5.65. The molecule has 70 valence electrons. The van der Waals surface area contributed by atoms with E-state index in [1.54, 1.807) is 12.3 Å². The number of hydrogen-bond donors (Lipinski definition) is 2. The summed E-state index contributed by atoms with van der Waals surface area (Å²) in [5, 5.41) is 0. The topological polar surface area (TPSA) is 58.9 Å². The van der Waals surface area contributed by atoms with Gasteiger partial charge in [0.2, 0.25) is 0 Å². The van der Waals surface area contributed by atoms with Gasteiger partial charge in [0.25, 0.3) is 5.56 Å². The monoisotopic (exact) mass is 186 g/mol. The van der Waals surface area contributed by atoms with Gasteiger partial charge >= 0.3 is 0 Å². The summed E-state index contributed by atoms with van der Waals surface area (Å²) in [6.07, 6.45) is 1.66. The predicted molar refractivity (Wildman–Crippen MR) is 56.9 cm³/mol. The van der Waals surface area contributed by atoms with Crippen LogP contribution < -0.4 is 11.3 Å². The van der Waals surface area contributed by atoms with Crippen LogP contribution in [0.5, 0.6) is 0 Å². The number of nitrogens with two attached hydrogens (primary N) is 1. The molecule has 1 aromatic heterocycles. The van der Waals surface area contributed by atoms with Crippen molar-refractivity contribution in [2.75, 3.05) is 5.73 Å². The average molecular weight is 186 g/mol. The summed E-state index contributed by atoms with van der Waals surface area (Å²) < 4.78 is 0. The zero-order valence-electron chi connectivity index (χ0n) is 7.53.